The van der Waals surface area contributed by atoms with Gasteiger partial charge in [0.1, 0.15) is 0 Å². The molecular weight excluding hydrogens is 316 g/mol. The Labute approximate surface area is 136 Å². The fourth-order valence-electron chi connectivity index (χ4n) is 3.19. The van der Waals surface area contributed by atoms with Crippen molar-refractivity contribution in [3.8, 4) is 0 Å². The van der Waals surface area contributed by atoms with Gasteiger partial charge in [0.15, 0.2) is 0 Å². The number of aromatic nitrogens is 2. The molecule has 2 heterocycles. The van der Waals surface area contributed by atoms with Crippen molar-refractivity contribution in [1.29, 1.82) is 0 Å². The molecule has 1 N–H and O–H groups in total. The first-order valence-electron chi connectivity index (χ1n) is 7.88. The highest BCUT2D eigenvalue weighted by Crippen LogP contribution is 2.25. The molecule has 3 rings (SSSR count). The van der Waals surface area contributed by atoms with Crippen LogP contribution in [0.5, 0.6) is 0 Å². The van der Waals surface area contributed by atoms with Gasteiger partial charge in [0.05, 0.1) is 30.9 Å². The van der Waals surface area contributed by atoms with Gasteiger partial charge in [0, 0.05) is 24.9 Å². The predicted octanol–water partition coefficient (Wildman–Crippen LogP) is 0.816. The number of imidazole rings is 1. The highest BCUT2D eigenvalue weighted by molar-refractivity contribution is 7.88. The summed E-state index contributed by atoms with van der Waals surface area (Å²) in [5.41, 5.74) is 1.82. The largest absolute Gasteiger partial charge is 0.331 e. The van der Waals surface area contributed by atoms with Crippen molar-refractivity contribution in [2.45, 2.75) is 38.3 Å². The van der Waals surface area contributed by atoms with E-state index in [1.807, 2.05) is 15.5 Å². The summed E-state index contributed by atoms with van der Waals surface area (Å²) in [5, 5.41) is 0. The molecule has 8 heteroatoms. The first kappa shape index (κ1) is 16.2. The van der Waals surface area contributed by atoms with Crippen LogP contribution >= 0.6 is 0 Å². The van der Waals surface area contributed by atoms with Gasteiger partial charge in [-0.1, -0.05) is 6.08 Å². The average molecular weight is 338 g/mol. The maximum atomic E-state index is 12.7. The number of carbonyl (C=O) groups excluding carboxylic acids is 1. The number of hydrogen-bond acceptors (Lipinski definition) is 4. The third-order valence-corrected chi connectivity index (χ3v) is 5.05. The Morgan fingerprint density at radius 1 is 1.43 bits per heavy atom. The molecule has 1 amide bonds. The van der Waals surface area contributed by atoms with Gasteiger partial charge < -0.3 is 9.47 Å². The molecule has 0 radical (unpaired) electrons. The lowest BCUT2D eigenvalue weighted by Gasteiger charge is -2.35. The SMILES string of the molecule is CS(=O)(=O)NCC1CN(C(=O)C2=CCCCC2)Cc2cncn21. The van der Waals surface area contributed by atoms with Crippen LogP contribution < -0.4 is 4.72 Å². The van der Waals surface area contributed by atoms with Crippen LogP contribution in [0.15, 0.2) is 24.2 Å². The second-order valence-corrected chi connectivity index (χ2v) is 8.06. The van der Waals surface area contributed by atoms with E-state index in [1.54, 1.807) is 12.5 Å². The van der Waals surface area contributed by atoms with Crippen LogP contribution in [0.4, 0.5) is 0 Å². The molecule has 1 atom stereocenters. The number of amides is 1. The van der Waals surface area contributed by atoms with Gasteiger partial charge in [-0.25, -0.2) is 18.1 Å². The second kappa shape index (κ2) is 6.45. The molecular formula is C15H22N4O3S. The first-order chi connectivity index (χ1) is 10.9. The number of allylic oxidation sites excluding steroid dienone is 1. The van der Waals surface area contributed by atoms with Crippen molar-refractivity contribution in [2.75, 3.05) is 19.3 Å². The molecule has 126 valence electrons. The van der Waals surface area contributed by atoms with Crippen LogP contribution in [0.1, 0.15) is 37.4 Å². The maximum absolute atomic E-state index is 12.7. The van der Waals surface area contributed by atoms with Gasteiger partial charge in [0.2, 0.25) is 15.9 Å². The minimum Gasteiger partial charge on any atom is -0.331 e. The summed E-state index contributed by atoms with van der Waals surface area (Å²) in [6.45, 7) is 1.26. The van der Waals surface area contributed by atoms with Gasteiger partial charge >= 0.3 is 0 Å². The fourth-order valence-corrected chi connectivity index (χ4v) is 3.68. The quantitative estimate of drug-likeness (QED) is 0.881. The highest BCUT2D eigenvalue weighted by Gasteiger charge is 2.30. The van der Waals surface area contributed by atoms with Crippen LogP contribution in [-0.2, 0) is 21.4 Å². The Balaban J connectivity index is 1.77. The van der Waals surface area contributed by atoms with E-state index in [1.165, 1.54) is 0 Å². The zero-order chi connectivity index (χ0) is 16.4. The van der Waals surface area contributed by atoms with Crippen molar-refractivity contribution >= 4 is 15.9 Å². The lowest BCUT2D eigenvalue weighted by molar-refractivity contribution is -0.129. The van der Waals surface area contributed by atoms with Crippen LogP contribution in [0.2, 0.25) is 0 Å². The zero-order valence-corrected chi connectivity index (χ0v) is 14.1. The number of hydrogen-bond donors (Lipinski definition) is 1. The molecule has 2 aliphatic rings. The van der Waals surface area contributed by atoms with Crippen LogP contribution in [0.25, 0.3) is 0 Å². The highest BCUT2D eigenvalue weighted by atomic mass is 32.2. The number of carbonyl (C=O) groups is 1. The average Bonchev–Trinajstić information content (AvgIpc) is 3.00. The van der Waals surface area contributed by atoms with Gasteiger partial charge in [-0.2, -0.15) is 0 Å². The molecule has 0 bridgehead atoms. The molecule has 0 fully saturated rings. The van der Waals surface area contributed by atoms with Crippen molar-refractivity contribution < 1.29 is 13.2 Å². The van der Waals surface area contributed by atoms with Crippen molar-refractivity contribution in [3.05, 3.63) is 29.9 Å². The molecule has 1 unspecified atom stereocenters. The van der Waals surface area contributed by atoms with Crippen molar-refractivity contribution in [2.24, 2.45) is 0 Å². The van der Waals surface area contributed by atoms with E-state index in [0.29, 0.717) is 13.1 Å². The molecule has 0 aromatic carbocycles. The molecule has 1 aliphatic heterocycles. The Bertz CT molecular complexity index is 723. The summed E-state index contributed by atoms with van der Waals surface area (Å²) in [7, 11) is -3.27. The van der Waals surface area contributed by atoms with Crippen molar-refractivity contribution in [3.63, 3.8) is 0 Å². The maximum Gasteiger partial charge on any atom is 0.249 e. The molecule has 7 nitrogen and oxygen atoms in total. The molecule has 0 saturated carbocycles. The van der Waals surface area contributed by atoms with E-state index in [2.05, 4.69) is 9.71 Å². The molecule has 1 aliphatic carbocycles. The van der Waals surface area contributed by atoms with E-state index in [-0.39, 0.29) is 18.5 Å². The lowest BCUT2D eigenvalue weighted by Crippen LogP contribution is -2.45. The van der Waals surface area contributed by atoms with Crippen LogP contribution in [0, 0.1) is 0 Å². The summed E-state index contributed by atoms with van der Waals surface area (Å²) < 4.78 is 27.2. The van der Waals surface area contributed by atoms with E-state index in [0.717, 1.165) is 43.2 Å². The minimum atomic E-state index is -3.27. The monoisotopic (exact) mass is 338 g/mol. The van der Waals surface area contributed by atoms with E-state index in [9.17, 15) is 13.2 Å². The Morgan fingerprint density at radius 3 is 2.96 bits per heavy atom. The standard InChI is InChI=1S/C15H22N4O3S/c1-23(21,22)17-8-14-10-18(9-13-7-16-11-19(13)14)15(20)12-5-3-2-4-6-12/h5,7,11,14,17H,2-4,6,8-10H2,1H3. The topological polar surface area (TPSA) is 84.3 Å². The van der Waals surface area contributed by atoms with Gasteiger partial charge in [0.25, 0.3) is 0 Å². The van der Waals surface area contributed by atoms with E-state index < -0.39 is 10.0 Å². The number of fused-ring (bicyclic) bond motifs is 1. The Morgan fingerprint density at radius 2 is 2.26 bits per heavy atom. The van der Waals surface area contributed by atoms with Crippen LogP contribution in [0.3, 0.4) is 0 Å². The number of rotatable bonds is 4. The summed E-state index contributed by atoms with van der Waals surface area (Å²) in [6.07, 6.45) is 10.6. The number of nitrogens with zero attached hydrogens (tertiary/aromatic N) is 3. The molecule has 0 saturated heterocycles. The summed E-state index contributed by atoms with van der Waals surface area (Å²) in [6, 6.07) is -0.135. The first-order valence-corrected chi connectivity index (χ1v) is 9.77. The summed E-state index contributed by atoms with van der Waals surface area (Å²) in [4.78, 5) is 18.7. The normalized spacial score (nSPS) is 21.7. The second-order valence-electron chi connectivity index (χ2n) is 6.23. The predicted molar refractivity (Wildman–Crippen MR) is 86.1 cm³/mol. The van der Waals surface area contributed by atoms with Gasteiger partial charge in [-0.15, -0.1) is 0 Å². The fraction of sp³-hybridized carbons (Fsp3) is 0.600. The lowest BCUT2D eigenvalue weighted by atomic mass is 9.98. The van der Waals surface area contributed by atoms with Gasteiger partial charge in [-0.05, 0) is 25.7 Å². The summed E-state index contributed by atoms with van der Waals surface area (Å²) >= 11 is 0. The Kier molecular flexibility index (Phi) is 4.54. The van der Waals surface area contributed by atoms with Crippen LogP contribution in [-0.4, -0.2) is 48.1 Å². The Hall–Kier alpha value is -1.67. The van der Waals surface area contributed by atoms with E-state index >= 15 is 0 Å². The zero-order valence-electron chi connectivity index (χ0n) is 13.2. The minimum absolute atomic E-state index is 0.0708. The molecule has 0 spiro atoms. The third-order valence-electron chi connectivity index (χ3n) is 4.36. The molecule has 1 aromatic heterocycles. The van der Waals surface area contributed by atoms with Gasteiger partial charge in [-0.3, -0.25) is 4.79 Å². The summed E-state index contributed by atoms with van der Waals surface area (Å²) in [5.74, 6) is 0.0708. The molecule has 1 aromatic rings. The molecule has 23 heavy (non-hydrogen) atoms. The van der Waals surface area contributed by atoms with E-state index in [4.69, 9.17) is 0 Å². The number of sulfonamides is 1. The smallest absolute Gasteiger partial charge is 0.249 e. The number of nitrogens with one attached hydrogen (secondary N) is 1. The van der Waals surface area contributed by atoms with Crippen molar-refractivity contribution in [1.82, 2.24) is 19.2 Å². The third kappa shape index (κ3) is 3.81.